The molecular weight excluding hydrogens is 344 g/mol. The van der Waals surface area contributed by atoms with Crippen LogP contribution in [0, 0.1) is 0 Å². The summed E-state index contributed by atoms with van der Waals surface area (Å²) in [6.45, 7) is 2.33. The van der Waals surface area contributed by atoms with Gasteiger partial charge in [0.15, 0.2) is 0 Å². The van der Waals surface area contributed by atoms with Crippen LogP contribution < -0.4 is 10.9 Å². The van der Waals surface area contributed by atoms with Crippen LogP contribution in [0.3, 0.4) is 0 Å². The van der Waals surface area contributed by atoms with Crippen LogP contribution in [0.4, 0.5) is 5.82 Å². The molecule has 0 aliphatic carbocycles. The zero-order valence-corrected chi connectivity index (χ0v) is 13.3. The maximum Gasteiger partial charge on any atom is 0.246 e. The van der Waals surface area contributed by atoms with E-state index in [4.69, 9.17) is 0 Å². The predicted molar refractivity (Wildman–Crippen MR) is 86.3 cm³/mol. The average Bonchev–Trinajstić information content (AvgIpc) is 3.05. The van der Waals surface area contributed by atoms with E-state index in [0.717, 1.165) is 40.3 Å². The molecule has 0 radical (unpaired) electrons. The minimum Gasteiger partial charge on any atom is -0.369 e. The number of pyridine rings is 2. The van der Waals surface area contributed by atoms with Crippen molar-refractivity contribution in [3.63, 3.8) is 0 Å². The second kappa shape index (κ2) is 5.49. The third-order valence-corrected chi connectivity index (χ3v) is 4.18. The van der Waals surface area contributed by atoms with E-state index in [-0.39, 0.29) is 0 Å². The van der Waals surface area contributed by atoms with Gasteiger partial charge in [-0.1, -0.05) is 6.07 Å². The molecule has 0 saturated carbocycles. The zero-order chi connectivity index (χ0) is 14.9. The Balaban J connectivity index is 1.78. The Morgan fingerprint density at radius 2 is 2.32 bits per heavy atom. The first kappa shape index (κ1) is 13.4. The molecule has 0 amide bonds. The highest BCUT2D eigenvalue weighted by Crippen LogP contribution is 2.32. The van der Waals surface area contributed by atoms with Crippen LogP contribution in [-0.4, -0.2) is 26.1 Å². The molecule has 0 aromatic carbocycles. The Kier molecular flexibility index (Phi) is 3.34. The molecule has 1 aromatic heterocycles. The first-order chi connectivity index (χ1) is 10.8. The Hall–Kier alpha value is -2.28. The maximum atomic E-state index is 4.61. The van der Waals surface area contributed by atoms with Gasteiger partial charge in [0.05, 0.1) is 11.0 Å². The maximum absolute atomic E-state index is 4.61. The smallest absolute Gasteiger partial charge is 0.246 e. The minimum atomic E-state index is 0.500. The molecule has 0 spiro atoms. The fourth-order valence-corrected chi connectivity index (χ4v) is 3.15. The summed E-state index contributed by atoms with van der Waals surface area (Å²) in [5.74, 6) is 1.97. The highest BCUT2D eigenvalue weighted by molar-refractivity contribution is 9.10. The fraction of sp³-hybridized carbons (Fsp3) is 0.200. The predicted octanol–water partition coefficient (Wildman–Crippen LogP) is 2.07. The van der Waals surface area contributed by atoms with Crippen LogP contribution in [0.5, 0.6) is 0 Å². The molecule has 22 heavy (non-hydrogen) atoms. The van der Waals surface area contributed by atoms with Gasteiger partial charge in [0.1, 0.15) is 11.6 Å². The topological polar surface area (TPSA) is 68.0 Å². The molecule has 110 valence electrons. The van der Waals surface area contributed by atoms with Gasteiger partial charge in [-0.25, -0.2) is 9.98 Å². The van der Waals surface area contributed by atoms with Crippen molar-refractivity contribution in [2.24, 2.45) is 4.99 Å². The van der Waals surface area contributed by atoms with Gasteiger partial charge in [-0.2, -0.15) is 4.98 Å². The van der Waals surface area contributed by atoms with E-state index in [1.54, 1.807) is 12.4 Å². The lowest BCUT2D eigenvalue weighted by molar-refractivity contribution is 0.772. The summed E-state index contributed by atoms with van der Waals surface area (Å²) < 4.78 is 3.19. The van der Waals surface area contributed by atoms with Gasteiger partial charge < -0.3 is 9.88 Å². The number of halogens is 1. The van der Waals surface area contributed by atoms with Crippen molar-refractivity contribution in [3.8, 4) is 11.4 Å². The van der Waals surface area contributed by atoms with Gasteiger partial charge in [-0.05, 0) is 33.6 Å². The monoisotopic (exact) mass is 356 g/mol. The summed E-state index contributed by atoms with van der Waals surface area (Å²) in [5, 5.41) is 3.35. The van der Waals surface area contributed by atoms with Gasteiger partial charge in [0, 0.05) is 37.2 Å². The van der Waals surface area contributed by atoms with E-state index in [1.807, 2.05) is 24.4 Å². The number of nitrogens with one attached hydrogen (secondary N) is 1. The summed E-state index contributed by atoms with van der Waals surface area (Å²) in [6, 6.07) is 5.92. The molecule has 4 heterocycles. The quantitative estimate of drug-likeness (QED) is 0.763. The van der Waals surface area contributed by atoms with Gasteiger partial charge >= 0.3 is 0 Å². The highest BCUT2D eigenvalue weighted by atomic mass is 79.9. The van der Waals surface area contributed by atoms with Crippen molar-refractivity contribution in [1.29, 1.82) is 0 Å². The van der Waals surface area contributed by atoms with Crippen LogP contribution in [0.1, 0.15) is 5.56 Å². The molecule has 0 unspecified atom stereocenters. The molecule has 7 heteroatoms. The highest BCUT2D eigenvalue weighted by Gasteiger charge is 2.19. The molecule has 0 saturated heterocycles. The van der Waals surface area contributed by atoms with E-state index in [9.17, 15) is 0 Å². The summed E-state index contributed by atoms with van der Waals surface area (Å²) in [6.07, 6.45) is 5.37. The van der Waals surface area contributed by atoms with E-state index in [0.29, 0.717) is 12.2 Å². The van der Waals surface area contributed by atoms with Gasteiger partial charge in [0.2, 0.25) is 5.62 Å². The summed E-state index contributed by atoms with van der Waals surface area (Å²) in [7, 11) is 0. The zero-order valence-electron chi connectivity index (χ0n) is 11.7. The molecule has 3 aliphatic heterocycles. The van der Waals surface area contributed by atoms with Gasteiger partial charge in [0.25, 0.3) is 0 Å². The van der Waals surface area contributed by atoms with E-state index in [1.165, 1.54) is 0 Å². The molecule has 0 fully saturated rings. The van der Waals surface area contributed by atoms with Gasteiger partial charge in [-0.3, -0.25) is 4.98 Å². The number of hydrogen-bond donors (Lipinski definition) is 1. The summed E-state index contributed by atoms with van der Waals surface area (Å²) >= 11 is 3.58. The van der Waals surface area contributed by atoms with Crippen LogP contribution >= 0.6 is 15.9 Å². The Bertz CT molecular complexity index is 858. The molecule has 0 bridgehead atoms. The molecular formula is C15H13BrN6. The molecule has 3 aliphatic rings. The number of rotatable bonds is 2. The second-order valence-electron chi connectivity index (χ2n) is 5.05. The lowest BCUT2D eigenvalue weighted by atomic mass is 10.2. The Morgan fingerprint density at radius 3 is 3.18 bits per heavy atom. The SMILES string of the molecule is Brc1cc2cnc(=NCc3cccnc3)nc-2n2c1NCC2. The summed E-state index contributed by atoms with van der Waals surface area (Å²) in [4.78, 5) is 17.5. The normalized spacial score (nSPS) is 14.1. The molecule has 4 rings (SSSR count). The van der Waals surface area contributed by atoms with Crippen molar-refractivity contribution in [2.75, 3.05) is 11.9 Å². The fourth-order valence-electron chi connectivity index (χ4n) is 2.54. The van der Waals surface area contributed by atoms with Gasteiger partial charge in [-0.15, -0.1) is 0 Å². The Morgan fingerprint density at radius 1 is 1.36 bits per heavy atom. The number of fused-ring (bicyclic) bond motifs is 3. The number of anilines is 1. The number of aromatic nitrogens is 4. The standard InChI is InChI=1S/C15H13BrN6/c16-12-6-11-9-20-15(19-8-10-2-1-3-17-7-10)21-13(11)22-5-4-18-14(12)22/h1-3,6-7,9,18H,4-5,8H2. The number of hydrogen-bond acceptors (Lipinski definition) is 5. The van der Waals surface area contributed by atoms with Crippen LogP contribution in [0.15, 0.2) is 46.3 Å². The van der Waals surface area contributed by atoms with Crippen molar-refractivity contribution in [2.45, 2.75) is 13.1 Å². The van der Waals surface area contributed by atoms with Crippen molar-refractivity contribution in [1.82, 2.24) is 19.5 Å². The third-order valence-electron chi connectivity index (χ3n) is 3.57. The van der Waals surface area contributed by atoms with E-state index in [2.05, 4.69) is 45.8 Å². The molecule has 1 aromatic rings. The van der Waals surface area contributed by atoms with Crippen LogP contribution in [0.25, 0.3) is 11.4 Å². The van der Waals surface area contributed by atoms with Crippen molar-refractivity contribution >= 4 is 21.7 Å². The lowest BCUT2D eigenvalue weighted by Gasteiger charge is -2.13. The van der Waals surface area contributed by atoms with Crippen LogP contribution in [-0.2, 0) is 13.1 Å². The third kappa shape index (κ3) is 2.37. The largest absolute Gasteiger partial charge is 0.369 e. The molecule has 1 N–H and O–H groups in total. The first-order valence-corrected chi connectivity index (χ1v) is 7.80. The second-order valence-corrected chi connectivity index (χ2v) is 5.90. The Labute approximate surface area is 135 Å². The van der Waals surface area contributed by atoms with E-state index >= 15 is 0 Å². The van der Waals surface area contributed by atoms with Crippen LogP contribution in [0.2, 0.25) is 0 Å². The average molecular weight is 357 g/mol. The first-order valence-electron chi connectivity index (χ1n) is 7.00. The van der Waals surface area contributed by atoms with Crippen molar-refractivity contribution < 1.29 is 0 Å². The van der Waals surface area contributed by atoms with E-state index < -0.39 is 0 Å². The summed E-state index contributed by atoms with van der Waals surface area (Å²) in [5.41, 5.74) is 2.54. The number of nitrogens with zero attached hydrogens (tertiary/aromatic N) is 5. The lowest BCUT2D eigenvalue weighted by Crippen LogP contribution is -2.18. The molecule has 6 nitrogen and oxygen atoms in total. The molecule has 0 atom stereocenters. The minimum absolute atomic E-state index is 0.500. The van der Waals surface area contributed by atoms with Crippen molar-refractivity contribution in [3.05, 3.63) is 52.4 Å².